The Morgan fingerprint density at radius 3 is 2.68 bits per heavy atom. The maximum absolute atomic E-state index is 11.7. The van der Waals surface area contributed by atoms with Crippen molar-refractivity contribution >= 4 is 51.1 Å². The van der Waals surface area contributed by atoms with E-state index in [9.17, 15) is 4.79 Å². The molecule has 4 rings (SSSR count). The van der Waals surface area contributed by atoms with E-state index >= 15 is 0 Å². The van der Waals surface area contributed by atoms with Crippen LogP contribution in [0, 0.1) is 0 Å². The van der Waals surface area contributed by atoms with Crippen molar-refractivity contribution in [3.63, 3.8) is 0 Å². The molecule has 0 spiro atoms. The topological polar surface area (TPSA) is 37.3 Å². The van der Waals surface area contributed by atoms with Crippen LogP contribution in [0.25, 0.3) is 16.5 Å². The number of allylic oxidation sites excluding steroid dienone is 3. The Bertz CT molecular complexity index is 1220. The number of aryl methyl sites for hydroxylation is 1. The van der Waals surface area contributed by atoms with Crippen molar-refractivity contribution < 1.29 is 4.79 Å². The van der Waals surface area contributed by atoms with Gasteiger partial charge in [0.2, 0.25) is 0 Å². The van der Waals surface area contributed by atoms with Crippen LogP contribution in [0.2, 0.25) is 10.0 Å². The molecule has 160 valence electrons. The second kappa shape index (κ2) is 8.91. The van der Waals surface area contributed by atoms with Gasteiger partial charge in [-0.2, -0.15) is 0 Å². The van der Waals surface area contributed by atoms with Gasteiger partial charge in [0.05, 0.1) is 5.52 Å². The van der Waals surface area contributed by atoms with Gasteiger partial charge in [-0.25, -0.2) is 0 Å². The Kier molecular flexibility index (Phi) is 6.24. The normalized spacial score (nSPS) is 14.9. The number of likely N-dealkylation sites (N-methyl/N-ethyl adjacent to an activating group) is 1. The molecule has 1 aliphatic rings. The molecule has 1 aliphatic heterocycles. The zero-order valence-corrected chi connectivity index (χ0v) is 19.4. The number of benzene rings is 2. The summed E-state index contributed by atoms with van der Waals surface area (Å²) >= 11 is 12.4. The number of halogens is 2. The Morgan fingerprint density at radius 1 is 1.13 bits per heavy atom. The fourth-order valence-corrected chi connectivity index (χ4v) is 4.68. The fourth-order valence-electron chi connectivity index (χ4n) is 4.16. The van der Waals surface area contributed by atoms with Crippen LogP contribution in [0.1, 0.15) is 23.7 Å². The average Bonchev–Trinajstić information content (AvgIpc) is 2.98. The quantitative estimate of drug-likeness (QED) is 0.376. The molecule has 2 aromatic carbocycles. The van der Waals surface area contributed by atoms with Crippen LogP contribution in [-0.2, 0) is 24.8 Å². The van der Waals surface area contributed by atoms with Gasteiger partial charge in [-0.05, 0) is 67.9 Å². The maximum Gasteiger partial charge on any atom is 0.153 e. The third-order valence-corrected chi connectivity index (χ3v) is 6.26. The van der Waals surface area contributed by atoms with E-state index in [-0.39, 0.29) is 5.78 Å². The van der Waals surface area contributed by atoms with Crippen LogP contribution in [0.15, 0.2) is 54.8 Å². The van der Waals surface area contributed by atoms with E-state index in [0.717, 1.165) is 36.3 Å². The molecule has 1 N–H and O–H groups in total. The first kappa shape index (κ1) is 21.7. The van der Waals surface area contributed by atoms with Crippen LogP contribution in [0.5, 0.6) is 0 Å². The second-order valence-electron chi connectivity index (χ2n) is 8.02. The number of carbonyl (C=O) groups is 1. The predicted octanol–water partition coefficient (Wildman–Crippen LogP) is 6.07. The standard InChI is InChI=1S/C25H25Cl2N3O/c1-16(31)12-17(20-6-4-18(26)13-23(20)27)8-10-28-19-5-7-21-22-9-11-29(2)15-25(22)30(3)24(21)14-19/h4-8,10,12-14,28H,9,11,15H2,1-3H3/b10-8-,17-12+. The molecule has 0 unspecified atom stereocenters. The Hall–Kier alpha value is -2.53. The van der Waals surface area contributed by atoms with Crippen molar-refractivity contribution in [1.29, 1.82) is 0 Å². The molecule has 31 heavy (non-hydrogen) atoms. The summed E-state index contributed by atoms with van der Waals surface area (Å²) in [4.78, 5) is 14.1. The van der Waals surface area contributed by atoms with Crippen molar-refractivity contribution in [2.24, 2.45) is 7.05 Å². The summed E-state index contributed by atoms with van der Waals surface area (Å²) in [6, 6.07) is 11.7. The summed E-state index contributed by atoms with van der Waals surface area (Å²) < 4.78 is 2.30. The zero-order valence-electron chi connectivity index (χ0n) is 17.9. The lowest BCUT2D eigenvalue weighted by Gasteiger charge is -2.23. The Balaban J connectivity index is 1.61. The first-order valence-electron chi connectivity index (χ1n) is 10.2. The highest BCUT2D eigenvalue weighted by Crippen LogP contribution is 2.32. The first-order valence-corrected chi connectivity index (χ1v) is 11.0. The minimum atomic E-state index is -0.0496. The van der Waals surface area contributed by atoms with Gasteiger partial charge in [0, 0.05) is 58.7 Å². The smallest absolute Gasteiger partial charge is 0.153 e. The summed E-state index contributed by atoms with van der Waals surface area (Å²) in [7, 11) is 4.30. The van der Waals surface area contributed by atoms with Gasteiger partial charge in [0.15, 0.2) is 5.78 Å². The number of aromatic nitrogens is 1. The summed E-state index contributed by atoms with van der Waals surface area (Å²) in [6.45, 7) is 3.59. The fraction of sp³-hybridized carbons (Fsp3) is 0.240. The lowest BCUT2D eigenvalue weighted by Crippen LogP contribution is -2.27. The highest BCUT2D eigenvalue weighted by Gasteiger charge is 2.20. The molecule has 1 aromatic heterocycles. The van der Waals surface area contributed by atoms with E-state index in [1.165, 1.54) is 29.1 Å². The third kappa shape index (κ3) is 4.57. The van der Waals surface area contributed by atoms with E-state index in [4.69, 9.17) is 23.2 Å². The minimum Gasteiger partial charge on any atom is -0.362 e. The van der Waals surface area contributed by atoms with Crippen LogP contribution < -0.4 is 5.32 Å². The van der Waals surface area contributed by atoms with Gasteiger partial charge >= 0.3 is 0 Å². The number of fused-ring (bicyclic) bond motifs is 3. The van der Waals surface area contributed by atoms with Gasteiger partial charge < -0.3 is 14.8 Å². The van der Waals surface area contributed by atoms with Gasteiger partial charge in [-0.1, -0.05) is 35.3 Å². The van der Waals surface area contributed by atoms with E-state index in [1.54, 1.807) is 18.2 Å². The molecule has 3 aromatic rings. The number of carbonyl (C=O) groups excluding carboxylic acids is 1. The monoisotopic (exact) mass is 453 g/mol. The highest BCUT2D eigenvalue weighted by molar-refractivity contribution is 6.36. The molecule has 0 fully saturated rings. The number of anilines is 1. The number of hydrogen-bond donors (Lipinski definition) is 1. The van der Waals surface area contributed by atoms with Crippen LogP contribution in [0.3, 0.4) is 0 Å². The summed E-state index contributed by atoms with van der Waals surface area (Å²) in [5.41, 5.74) is 6.54. The third-order valence-electron chi connectivity index (χ3n) is 5.71. The molecule has 0 aliphatic carbocycles. The number of hydrogen-bond acceptors (Lipinski definition) is 3. The largest absolute Gasteiger partial charge is 0.362 e. The highest BCUT2D eigenvalue weighted by atomic mass is 35.5. The summed E-state index contributed by atoms with van der Waals surface area (Å²) in [6.07, 6.45) is 6.33. The van der Waals surface area contributed by atoms with Gasteiger partial charge in [-0.15, -0.1) is 0 Å². The Morgan fingerprint density at radius 2 is 1.94 bits per heavy atom. The minimum absolute atomic E-state index is 0.0496. The molecule has 2 heterocycles. The molecule has 0 saturated carbocycles. The lowest BCUT2D eigenvalue weighted by atomic mass is 10.0. The van der Waals surface area contributed by atoms with Gasteiger partial charge in [0.25, 0.3) is 0 Å². The summed E-state index contributed by atoms with van der Waals surface area (Å²) in [5, 5.41) is 5.72. The van der Waals surface area contributed by atoms with Gasteiger partial charge in [0.1, 0.15) is 0 Å². The van der Waals surface area contributed by atoms with Gasteiger partial charge in [-0.3, -0.25) is 4.79 Å². The molecule has 6 heteroatoms. The first-order chi connectivity index (χ1) is 14.8. The van der Waals surface area contributed by atoms with Crippen LogP contribution >= 0.6 is 23.2 Å². The van der Waals surface area contributed by atoms with E-state index in [2.05, 4.69) is 47.1 Å². The van der Waals surface area contributed by atoms with E-state index in [0.29, 0.717) is 10.0 Å². The average molecular weight is 454 g/mol. The molecule has 0 bridgehead atoms. The predicted molar refractivity (Wildman–Crippen MR) is 131 cm³/mol. The van der Waals surface area contributed by atoms with Crippen molar-refractivity contribution in [1.82, 2.24) is 9.47 Å². The SMILES string of the molecule is CC(=O)/C=C(\C=C/Nc1ccc2c3c(n(C)c2c1)CN(C)CC3)c1ccc(Cl)cc1Cl. The molecular formula is C25H25Cl2N3O. The van der Waals surface area contributed by atoms with E-state index in [1.807, 2.05) is 18.3 Å². The molecule has 0 radical (unpaired) electrons. The van der Waals surface area contributed by atoms with E-state index < -0.39 is 0 Å². The second-order valence-corrected chi connectivity index (χ2v) is 8.86. The Labute approximate surface area is 192 Å². The number of nitrogens with one attached hydrogen (secondary N) is 1. The molecule has 0 saturated heterocycles. The zero-order chi connectivity index (χ0) is 22.1. The molecule has 0 amide bonds. The van der Waals surface area contributed by atoms with Crippen LogP contribution in [0.4, 0.5) is 5.69 Å². The van der Waals surface area contributed by atoms with Crippen LogP contribution in [-0.4, -0.2) is 28.8 Å². The van der Waals surface area contributed by atoms with Crippen molar-refractivity contribution in [2.45, 2.75) is 19.9 Å². The van der Waals surface area contributed by atoms with Crippen molar-refractivity contribution in [2.75, 3.05) is 18.9 Å². The molecule has 0 atom stereocenters. The number of rotatable bonds is 5. The maximum atomic E-state index is 11.7. The van der Waals surface area contributed by atoms with Crippen molar-refractivity contribution in [3.05, 3.63) is 81.6 Å². The van der Waals surface area contributed by atoms with Crippen molar-refractivity contribution in [3.8, 4) is 0 Å². The number of ketones is 1. The molecule has 4 nitrogen and oxygen atoms in total. The lowest BCUT2D eigenvalue weighted by molar-refractivity contribution is -0.112. The molecular weight excluding hydrogens is 429 g/mol. The number of nitrogens with zero attached hydrogens (tertiary/aromatic N) is 2. The summed E-state index contributed by atoms with van der Waals surface area (Å²) in [5.74, 6) is -0.0496.